The summed E-state index contributed by atoms with van der Waals surface area (Å²) in [7, 11) is 0. The zero-order valence-corrected chi connectivity index (χ0v) is 10.1. The molecule has 0 aliphatic heterocycles. The van der Waals surface area contributed by atoms with Crippen LogP contribution in [0, 0.1) is 5.92 Å². The van der Waals surface area contributed by atoms with Gasteiger partial charge in [-0.25, -0.2) is 0 Å². The van der Waals surface area contributed by atoms with Crippen LogP contribution in [-0.2, 0) is 0 Å². The molecule has 0 spiro atoms. The second-order valence-corrected chi connectivity index (χ2v) is 4.29. The van der Waals surface area contributed by atoms with Gasteiger partial charge < -0.3 is 0 Å². The first-order chi connectivity index (χ1) is 6.77. The summed E-state index contributed by atoms with van der Waals surface area (Å²) in [5.74, 6) is 0.798. The summed E-state index contributed by atoms with van der Waals surface area (Å²) in [5, 5.41) is 0. The molecule has 0 aromatic carbocycles. The molecular formula is C14H26. The van der Waals surface area contributed by atoms with E-state index in [-0.39, 0.29) is 0 Å². The van der Waals surface area contributed by atoms with Crippen LogP contribution in [0.5, 0.6) is 0 Å². The van der Waals surface area contributed by atoms with Gasteiger partial charge in [-0.1, -0.05) is 57.9 Å². The monoisotopic (exact) mass is 194 g/mol. The first kappa shape index (κ1) is 13.5. The molecule has 0 saturated carbocycles. The molecule has 0 aliphatic carbocycles. The Hall–Kier alpha value is -0.520. The van der Waals surface area contributed by atoms with E-state index in [0.29, 0.717) is 0 Å². The fourth-order valence-electron chi connectivity index (χ4n) is 1.24. The van der Waals surface area contributed by atoms with Crippen molar-refractivity contribution in [2.45, 2.75) is 59.3 Å². The third-order valence-electron chi connectivity index (χ3n) is 2.17. The van der Waals surface area contributed by atoms with Gasteiger partial charge in [0, 0.05) is 0 Å². The van der Waals surface area contributed by atoms with E-state index >= 15 is 0 Å². The number of hydrogen-bond donors (Lipinski definition) is 0. The minimum Gasteiger partial charge on any atom is -0.0885 e. The Kier molecular flexibility index (Phi) is 10.2. The van der Waals surface area contributed by atoms with Crippen molar-refractivity contribution in [3.63, 3.8) is 0 Å². The molecule has 0 nitrogen and oxygen atoms in total. The van der Waals surface area contributed by atoms with Crippen LogP contribution in [0.15, 0.2) is 24.3 Å². The van der Waals surface area contributed by atoms with Crippen LogP contribution in [0.25, 0.3) is 0 Å². The number of allylic oxidation sites excluding steroid dienone is 4. The van der Waals surface area contributed by atoms with Crippen molar-refractivity contribution < 1.29 is 0 Å². The van der Waals surface area contributed by atoms with Gasteiger partial charge >= 0.3 is 0 Å². The van der Waals surface area contributed by atoms with Crippen LogP contribution >= 0.6 is 0 Å². The summed E-state index contributed by atoms with van der Waals surface area (Å²) in [4.78, 5) is 0. The van der Waals surface area contributed by atoms with E-state index in [0.717, 1.165) is 5.92 Å². The molecule has 0 aromatic heterocycles. The van der Waals surface area contributed by atoms with E-state index in [1.807, 2.05) is 0 Å². The molecule has 0 heterocycles. The maximum absolute atomic E-state index is 2.32. The first-order valence-corrected chi connectivity index (χ1v) is 6.07. The molecule has 0 aromatic rings. The van der Waals surface area contributed by atoms with E-state index in [1.165, 1.54) is 38.5 Å². The van der Waals surface area contributed by atoms with Crippen LogP contribution < -0.4 is 0 Å². The van der Waals surface area contributed by atoms with Crippen LogP contribution in [0.3, 0.4) is 0 Å². The highest BCUT2D eigenvalue weighted by molar-refractivity contribution is 4.88. The van der Waals surface area contributed by atoms with Crippen LogP contribution in [0.4, 0.5) is 0 Å². The van der Waals surface area contributed by atoms with Gasteiger partial charge in [-0.2, -0.15) is 0 Å². The maximum atomic E-state index is 2.32. The van der Waals surface area contributed by atoms with Gasteiger partial charge in [0.25, 0.3) is 0 Å². The van der Waals surface area contributed by atoms with Crippen LogP contribution in [0.1, 0.15) is 59.3 Å². The van der Waals surface area contributed by atoms with Crippen molar-refractivity contribution in [2.24, 2.45) is 5.92 Å². The van der Waals surface area contributed by atoms with Crippen molar-refractivity contribution in [1.29, 1.82) is 0 Å². The maximum Gasteiger partial charge on any atom is -0.0316 e. The molecule has 0 bridgehead atoms. The Bertz CT molecular complexity index is 151. The third-order valence-corrected chi connectivity index (χ3v) is 2.17. The lowest BCUT2D eigenvalue weighted by atomic mass is 10.1. The number of rotatable bonds is 8. The van der Waals surface area contributed by atoms with Crippen molar-refractivity contribution in [1.82, 2.24) is 0 Å². The van der Waals surface area contributed by atoms with Gasteiger partial charge in [0.15, 0.2) is 0 Å². The third kappa shape index (κ3) is 11.5. The molecule has 0 radical (unpaired) electrons. The standard InChI is InChI=1S/C14H26/c1-4-5-6-7-8-9-10-11-12-13-14(2)3/h7-8,11-12,14H,4-6,9-10,13H2,1-3H3/b8-7+,12-11+. The molecule has 0 aliphatic rings. The Morgan fingerprint density at radius 3 is 2.00 bits per heavy atom. The molecule has 0 unspecified atom stereocenters. The second kappa shape index (κ2) is 10.6. The van der Waals surface area contributed by atoms with Crippen molar-refractivity contribution in [2.75, 3.05) is 0 Å². The Morgan fingerprint density at radius 2 is 1.43 bits per heavy atom. The smallest absolute Gasteiger partial charge is 0.0316 e. The zero-order chi connectivity index (χ0) is 10.6. The lowest BCUT2D eigenvalue weighted by Crippen LogP contribution is -1.80. The van der Waals surface area contributed by atoms with E-state index in [2.05, 4.69) is 45.1 Å². The molecule has 0 heteroatoms. The zero-order valence-electron chi connectivity index (χ0n) is 10.1. The highest BCUT2D eigenvalue weighted by Gasteiger charge is 1.86. The summed E-state index contributed by atoms with van der Waals surface area (Å²) in [5.41, 5.74) is 0. The highest BCUT2D eigenvalue weighted by Crippen LogP contribution is 2.02. The summed E-state index contributed by atoms with van der Waals surface area (Å²) in [6, 6.07) is 0. The first-order valence-electron chi connectivity index (χ1n) is 6.07. The molecular weight excluding hydrogens is 168 g/mol. The topological polar surface area (TPSA) is 0 Å². The molecule has 82 valence electrons. The molecule has 0 fully saturated rings. The Balaban J connectivity index is 3.19. The van der Waals surface area contributed by atoms with E-state index in [4.69, 9.17) is 0 Å². The minimum absolute atomic E-state index is 0.798. The molecule has 0 N–H and O–H groups in total. The molecule has 0 amide bonds. The van der Waals surface area contributed by atoms with Gasteiger partial charge in [-0.3, -0.25) is 0 Å². The average molecular weight is 194 g/mol. The predicted octanol–water partition coefficient (Wildman–Crippen LogP) is 5.12. The van der Waals surface area contributed by atoms with Crippen molar-refractivity contribution in [3.8, 4) is 0 Å². The fourth-order valence-corrected chi connectivity index (χ4v) is 1.24. The quantitative estimate of drug-likeness (QED) is 0.372. The van der Waals surface area contributed by atoms with Crippen LogP contribution in [0.2, 0.25) is 0 Å². The average Bonchev–Trinajstić information content (AvgIpc) is 2.15. The summed E-state index contributed by atoms with van der Waals surface area (Å²) < 4.78 is 0. The summed E-state index contributed by atoms with van der Waals surface area (Å²) >= 11 is 0. The minimum atomic E-state index is 0.798. The second-order valence-electron chi connectivity index (χ2n) is 4.29. The van der Waals surface area contributed by atoms with E-state index < -0.39 is 0 Å². The van der Waals surface area contributed by atoms with E-state index in [9.17, 15) is 0 Å². The lowest BCUT2D eigenvalue weighted by Gasteiger charge is -1.95. The number of unbranched alkanes of at least 4 members (excludes halogenated alkanes) is 3. The van der Waals surface area contributed by atoms with Crippen molar-refractivity contribution in [3.05, 3.63) is 24.3 Å². The summed E-state index contributed by atoms with van der Waals surface area (Å²) in [6.07, 6.45) is 16.8. The normalized spacial score (nSPS) is 12.3. The lowest BCUT2D eigenvalue weighted by molar-refractivity contribution is 0.662. The van der Waals surface area contributed by atoms with Gasteiger partial charge in [-0.15, -0.1) is 0 Å². The van der Waals surface area contributed by atoms with Gasteiger partial charge in [0.2, 0.25) is 0 Å². The molecule has 0 rings (SSSR count). The van der Waals surface area contributed by atoms with E-state index in [1.54, 1.807) is 0 Å². The fraction of sp³-hybridized carbons (Fsp3) is 0.714. The SMILES string of the molecule is CCCC/C=C/CC/C=C/CC(C)C. The highest BCUT2D eigenvalue weighted by atomic mass is 13.9. The van der Waals surface area contributed by atoms with Crippen LogP contribution in [-0.4, -0.2) is 0 Å². The summed E-state index contributed by atoms with van der Waals surface area (Å²) in [6.45, 7) is 6.76. The molecule has 0 atom stereocenters. The Labute approximate surface area is 90.1 Å². The molecule has 14 heavy (non-hydrogen) atoms. The van der Waals surface area contributed by atoms with Gasteiger partial charge in [0.1, 0.15) is 0 Å². The predicted molar refractivity (Wildman–Crippen MR) is 66.5 cm³/mol. The largest absolute Gasteiger partial charge is 0.0885 e. The van der Waals surface area contributed by atoms with Gasteiger partial charge in [-0.05, 0) is 31.6 Å². The number of hydrogen-bond acceptors (Lipinski definition) is 0. The van der Waals surface area contributed by atoms with Gasteiger partial charge in [0.05, 0.1) is 0 Å². The molecule has 0 saturated heterocycles. The Morgan fingerprint density at radius 1 is 0.857 bits per heavy atom. The van der Waals surface area contributed by atoms with Crippen molar-refractivity contribution >= 4 is 0 Å².